The van der Waals surface area contributed by atoms with E-state index in [9.17, 15) is 9.90 Å². The molecule has 4 nitrogen and oxygen atoms in total. The largest absolute Gasteiger partial charge is 0.508 e. The number of rotatable bonds is 3. The van der Waals surface area contributed by atoms with E-state index in [-0.39, 0.29) is 16.6 Å². The number of carbonyl (C=O) groups is 1. The highest BCUT2D eigenvalue weighted by molar-refractivity contribution is 7.80. The molecule has 0 fully saturated rings. The summed E-state index contributed by atoms with van der Waals surface area (Å²) in [6, 6.07) is 13.0. The van der Waals surface area contributed by atoms with E-state index in [2.05, 4.69) is 5.32 Å². The van der Waals surface area contributed by atoms with Gasteiger partial charge in [0, 0.05) is 16.8 Å². The quantitative estimate of drug-likeness (QED) is 0.590. The van der Waals surface area contributed by atoms with E-state index in [1.165, 1.54) is 12.1 Å². The van der Waals surface area contributed by atoms with Crippen molar-refractivity contribution in [3.63, 3.8) is 0 Å². The van der Waals surface area contributed by atoms with Crippen molar-refractivity contribution in [2.45, 2.75) is 0 Å². The average molecular weight is 272 g/mol. The Labute approximate surface area is 115 Å². The predicted molar refractivity (Wildman–Crippen MR) is 78.4 cm³/mol. The van der Waals surface area contributed by atoms with Gasteiger partial charge in [-0.15, -0.1) is 0 Å². The number of anilines is 1. The van der Waals surface area contributed by atoms with Gasteiger partial charge in [0.05, 0.1) is 0 Å². The first-order valence-corrected chi connectivity index (χ1v) is 5.97. The Hall–Kier alpha value is -2.40. The second-order valence-electron chi connectivity index (χ2n) is 3.94. The highest BCUT2D eigenvalue weighted by Gasteiger charge is 2.08. The van der Waals surface area contributed by atoms with E-state index in [1.54, 1.807) is 36.4 Å². The van der Waals surface area contributed by atoms with Crippen molar-refractivity contribution < 1.29 is 9.90 Å². The molecule has 0 aliphatic rings. The van der Waals surface area contributed by atoms with Gasteiger partial charge in [-0.25, -0.2) is 0 Å². The van der Waals surface area contributed by atoms with Gasteiger partial charge in [-0.2, -0.15) is 0 Å². The summed E-state index contributed by atoms with van der Waals surface area (Å²) in [5.41, 5.74) is 7.16. The minimum absolute atomic E-state index is 0.109. The van der Waals surface area contributed by atoms with E-state index < -0.39 is 0 Å². The summed E-state index contributed by atoms with van der Waals surface area (Å²) in [5, 5.41) is 12.1. The number of nitrogens with one attached hydrogen (secondary N) is 1. The lowest BCUT2D eigenvalue weighted by atomic mass is 10.0. The topological polar surface area (TPSA) is 75.3 Å². The van der Waals surface area contributed by atoms with Crippen molar-refractivity contribution in [2.24, 2.45) is 5.73 Å². The molecule has 0 radical (unpaired) electrons. The molecule has 96 valence electrons. The Morgan fingerprint density at radius 3 is 1.95 bits per heavy atom. The lowest BCUT2D eigenvalue weighted by Gasteiger charge is -2.05. The molecule has 2 aromatic carbocycles. The van der Waals surface area contributed by atoms with E-state index in [0.29, 0.717) is 11.1 Å². The molecule has 0 heterocycles. The molecule has 0 saturated heterocycles. The number of hydrogen-bond acceptors (Lipinski definition) is 3. The fourth-order valence-corrected chi connectivity index (χ4v) is 1.74. The molecule has 5 heteroatoms. The zero-order valence-electron chi connectivity index (χ0n) is 9.96. The molecule has 19 heavy (non-hydrogen) atoms. The van der Waals surface area contributed by atoms with Gasteiger partial charge < -0.3 is 16.2 Å². The Kier molecular flexibility index (Phi) is 3.77. The molecule has 4 N–H and O–H groups in total. The van der Waals surface area contributed by atoms with Crippen molar-refractivity contribution in [3.8, 4) is 5.75 Å². The van der Waals surface area contributed by atoms with Crippen LogP contribution in [0.2, 0.25) is 0 Å². The lowest BCUT2D eigenvalue weighted by molar-refractivity contribution is 0.103. The van der Waals surface area contributed by atoms with Crippen LogP contribution in [-0.4, -0.2) is 16.0 Å². The van der Waals surface area contributed by atoms with Crippen LogP contribution in [0.1, 0.15) is 15.9 Å². The van der Waals surface area contributed by atoms with Crippen molar-refractivity contribution in [1.29, 1.82) is 0 Å². The van der Waals surface area contributed by atoms with Gasteiger partial charge >= 0.3 is 0 Å². The summed E-state index contributed by atoms with van der Waals surface area (Å²) in [5.74, 6) is 0.0226. The molecule has 0 bridgehead atoms. The molecule has 0 atom stereocenters. The number of ketones is 1. The lowest BCUT2D eigenvalue weighted by Crippen LogP contribution is -2.18. The molecular formula is C14H12N2O2S. The fourth-order valence-electron chi connectivity index (χ4n) is 1.63. The first kappa shape index (κ1) is 13.0. The molecule has 0 saturated carbocycles. The molecule has 0 amide bonds. The van der Waals surface area contributed by atoms with Crippen LogP contribution in [0.4, 0.5) is 5.69 Å². The molecular weight excluding hydrogens is 260 g/mol. The third-order valence-corrected chi connectivity index (χ3v) is 2.65. The zero-order valence-corrected chi connectivity index (χ0v) is 10.8. The minimum atomic E-state index is -0.109. The monoisotopic (exact) mass is 272 g/mol. The number of nitrogens with two attached hydrogens (primary N) is 1. The molecule has 0 aliphatic heterocycles. The Bertz CT molecular complexity index is 606. The molecule has 2 aromatic rings. The normalized spacial score (nSPS) is 9.89. The second-order valence-corrected chi connectivity index (χ2v) is 4.38. The smallest absolute Gasteiger partial charge is 0.193 e. The molecule has 0 unspecified atom stereocenters. The van der Waals surface area contributed by atoms with E-state index in [1.807, 2.05) is 0 Å². The zero-order chi connectivity index (χ0) is 13.8. The van der Waals surface area contributed by atoms with Gasteiger partial charge in [-0.3, -0.25) is 4.79 Å². The standard InChI is InChI=1S/C14H12N2O2S/c15-14(19)16-11-5-1-9(2-6-11)13(18)10-3-7-12(17)8-4-10/h1-8,17H,(H3,15,16,19). The fraction of sp³-hybridized carbons (Fsp3) is 0. The van der Waals surface area contributed by atoms with Crippen LogP contribution in [0.25, 0.3) is 0 Å². The minimum Gasteiger partial charge on any atom is -0.508 e. The molecule has 0 spiro atoms. The number of carbonyl (C=O) groups excluding carboxylic acids is 1. The van der Waals surface area contributed by atoms with Gasteiger partial charge in [0.1, 0.15) is 5.75 Å². The Balaban J connectivity index is 2.20. The third-order valence-electron chi connectivity index (χ3n) is 2.54. The number of phenolic OH excluding ortho intramolecular Hbond substituents is 1. The first-order chi connectivity index (χ1) is 9.06. The average Bonchev–Trinajstić information content (AvgIpc) is 2.39. The van der Waals surface area contributed by atoms with Crippen molar-refractivity contribution in [3.05, 3.63) is 59.7 Å². The highest BCUT2D eigenvalue weighted by Crippen LogP contribution is 2.16. The van der Waals surface area contributed by atoms with Crippen LogP contribution in [0.3, 0.4) is 0 Å². The third kappa shape index (κ3) is 3.29. The summed E-state index contributed by atoms with van der Waals surface area (Å²) in [7, 11) is 0. The van der Waals surface area contributed by atoms with Gasteiger partial charge in [-0.1, -0.05) is 0 Å². The van der Waals surface area contributed by atoms with Crippen LogP contribution in [-0.2, 0) is 0 Å². The Morgan fingerprint density at radius 2 is 1.47 bits per heavy atom. The van der Waals surface area contributed by atoms with Crippen LogP contribution in [0.5, 0.6) is 5.75 Å². The second kappa shape index (κ2) is 5.49. The van der Waals surface area contributed by atoms with E-state index in [4.69, 9.17) is 18.0 Å². The number of phenols is 1. The summed E-state index contributed by atoms with van der Waals surface area (Å²) in [6.07, 6.45) is 0. The summed E-state index contributed by atoms with van der Waals surface area (Å²) in [6.45, 7) is 0. The van der Waals surface area contributed by atoms with Crippen LogP contribution < -0.4 is 11.1 Å². The maximum Gasteiger partial charge on any atom is 0.193 e. The summed E-state index contributed by atoms with van der Waals surface area (Å²) < 4.78 is 0. The molecule has 2 rings (SSSR count). The van der Waals surface area contributed by atoms with Crippen LogP contribution in [0.15, 0.2) is 48.5 Å². The number of thiocarbonyl (C=S) groups is 1. The predicted octanol–water partition coefficient (Wildman–Crippen LogP) is 2.28. The van der Waals surface area contributed by atoms with Crippen molar-refractivity contribution >= 4 is 28.8 Å². The number of aromatic hydroxyl groups is 1. The van der Waals surface area contributed by atoms with Crippen LogP contribution >= 0.6 is 12.2 Å². The maximum absolute atomic E-state index is 12.1. The van der Waals surface area contributed by atoms with E-state index >= 15 is 0 Å². The molecule has 0 aliphatic carbocycles. The van der Waals surface area contributed by atoms with E-state index in [0.717, 1.165) is 5.69 Å². The van der Waals surface area contributed by atoms with Gasteiger partial charge in [0.2, 0.25) is 0 Å². The summed E-state index contributed by atoms with van der Waals surface area (Å²) in [4.78, 5) is 12.1. The van der Waals surface area contributed by atoms with Gasteiger partial charge in [0.15, 0.2) is 10.9 Å². The first-order valence-electron chi connectivity index (χ1n) is 5.56. The van der Waals surface area contributed by atoms with Gasteiger partial charge in [-0.05, 0) is 60.7 Å². The summed E-state index contributed by atoms with van der Waals surface area (Å²) >= 11 is 4.73. The Morgan fingerprint density at radius 1 is 1.00 bits per heavy atom. The van der Waals surface area contributed by atoms with Crippen molar-refractivity contribution in [2.75, 3.05) is 5.32 Å². The SMILES string of the molecule is NC(=S)Nc1ccc(C(=O)c2ccc(O)cc2)cc1. The number of benzene rings is 2. The van der Waals surface area contributed by atoms with Crippen molar-refractivity contribution in [1.82, 2.24) is 0 Å². The number of hydrogen-bond donors (Lipinski definition) is 3. The maximum atomic E-state index is 12.1. The molecule has 0 aromatic heterocycles. The highest BCUT2D eigenvalue weighted by atomic mass is 32.1. The van der Waals surface area contributed by atoms with Gasteiger partial charge in [0.25, 0.3) is 0 Å². The van der Waals surface area contributed by atoms with Crippen LogP contribution in [0, 0.1) is 0 Å².